The van der Waals surface area contributed by atoms with Crippen molar-refractivity contribution in [2.75, 3.05) is 20.2 Å². The summed E-state index contributed by atoms with van der Waals surface area (Å²) in [5.41, 5.74) is 0.309. The first kappa shape index (κ1) is 17.6. The molecule has 0 aliphatic carbocycles. The Morgan fingerprint density at radius 3 is 2.40 bits per heavy atom. The van der Waals surface area contributed by atoms with Crippen LogP contribution in [0.3, 0.4) is 0 Å². The van der Waals surface area contributed by atoms with Crippen molar-refractivity contribution in [2.24, 2.45) is 0 Å². The zero-order valence-corrected chi connectivity index (χ0v) is 14.0. The fourth-order valence-electron chi connectivity index (χ4n) is 2.97. The summed E-state index contributed by atoms with van der Waals surface area (Å²) in [5.74, 6) is 1.27. The van der Waals surface area contributed by atoms with E-state index in [-0.39, 0.29) is 5.75 Å². The van der Waals surface area contributed by atoms with Crippen molar-refractivity contribution in [1.29, 1.82) is 0 Å². The highest BCUT2D eigenvalue weighted by Gasteiger charge is 2.30. The van der Waals surface area contributed by atoms with Gasteiger partial charge in [0.2, 0.25) is 0 Å². The van der Waals surface area contributed by atoms with Gasteiger partial charge >= 0.3 is 6.18 Å². The molecule has 1 heterocycles. The maximum Gasteiger partial charge on any atom is 0.416 e. The summed E-state index contributed by atoms with van der Waals surface area (Å²) < 4.78 is 49.4. The number of methoxy groups -OCH3 is 1. The van der Waals surface area contributed by atoms with E-state index in [1.54, 1.807) is 19.2 Å². The van der Waals surface area contributed by atoms with Crippen molar-refractivity contribution in [2.45, 2.75) is 25.6 Å². The molecule has 0 atom stereocenters. The van der Waals surface area contributed by atoms with E-state index in [0.29, 0.717) is 11.5 Å². The van der Waals surface area contributed by atoms with Crippen LogP contribution >= 0.6 is 0 Å². The number of ether oxygens (including phenoxy) is 2. The molecule has 134 valence electrons. The maximum absolute atomic E-state index is 12.8. The number of likely N-dealkylation sites (tertiary alicyclic amines) is 1. The largest absolute Gasteiger partial charge is 0.496 e. The van der Waals surface area contributed by atoms with Crippen LogP contribution in [-0.2, 0) is 12.7 Å². The van der Waals surface area contributed by atoms with E-state index in [1.807, 2.05) is 6.07 Å². The summed E-state index contributed by atoms with van der Waals surface area (Å²) in [6.45, 7) is 2.95. The molecule has 1 aliphatic rings. The number of hydrogen-bond donors (Lipinski definition) is 0. The Labute approximate surface area is 145 Å². The molecule has 3 rings (SSSR count). The van der Waals surface area contributed by atoms with Crippen LogP contribution in [0.1, 0.15) is 24.0 Å². The lowest BCUT2D eigenvalue weighted by Gasteiger charge is -2.18. The Kier molecular flexibility index (Phi) is 5.18. The second kappa shape index (κ2) is 7.35. The van der Waals surface area contributed by atoms with Crippen LogP contribution in [0.25, 0.3) is 0 Å². The van der Waals surface area contributed by atoms with E-state index in [1.165, 1.54) is 25.0 Å². The van der Waals surface area contributed by atoms with E-state index in [9.17, 15) is 13.2 Å². The fraction of sp³-hybridized carbons (Fsp3) is 0.368. The first-order valence-electron chi connectivity index (χ1n) is 8.20. The van der Waals surface area contributed by atoms with Gasteiger partial charge in [0, 0.05) is 18.2 Å². The van der Waals surface area contributed by atoms with Crippen LogP contribution in [0.2, 0.25) is 0 Å². The zero-order chi connectivity index (χ0) is 17.9. The zero-order valence-electron chi connectivity index (χ0n) is 14.0. The number of hydrogen-bond acceptors (Lipinski definition) is 3. The van der Waals surface area contributed by atoms with E-state index >= 15 is 0 Å². The lowest BCUT2D eigenvalue weighted by Crippen LogP contribution is -2.18. The number of halogens is 3. The normalized spacial score (nSPS) is 15.4. The Balaban J connectivity index is 1.76. The maximum atomic E-state index is 12.8. The molecule has 25 heavy (non-hydrogen) atoms. The highest BCUT2D eigenvalue weighted by molar-refractivity contribution is 5.43. The molecule has 0 radical (unpaired) electrons. The van der Waals surface area contributed by atoms with Crippen molar-refractivity contribution in [1.82, 2.24) is 4.90 Å². The molecule has 6 heteroatoms. The van der Waals surface area contributed by atoms with Gasteiger partial charge in [-0.05, 0) is 50.2 Å². The second-order valence-corrected chi connectivity index (χ2v) is 6.08. The quantitative estimate of drug-likeness (QED) is 0.748. The predicted molar refractivity (Wildman–Crippen MR) is 89.0 cm³/mol. The van der Waals surface area contributed by atoms with E-state index in [4.69, 9.17) is 9.47 Å². The molecule has 1 saturated heterocycles. The third-order valence-electron chi connectivity index (χ3n) is 4.25. The molecule has 2 aromatic rings. The average molecular weight is 351 g/mol. The molecule has 1 aliphatic heterocycles. The van der Waals surface area contributed by atoms with Crippen LogP contribution < -0.4 is 9.47 Å². The minimum Gasteiger partial charge on any atom is -0.496 e. The fourth-order valence-corrected chi connectivity index (χ4v) is 2.97. The van der Waals surface area contributed by atoms with Crippen molar-refractivity contribution >= 4 is 0 Å². The first-order chi connectivity index (χ1) is 12.0. The first-order valence-corrected chi connectivity index (χ1v) is 8.20. The summed E-state index contributed by atoms with van der Waals surface area (Å²) >= 11 is 0. The van der Waals surface area contributed by atoms with E-state index < -0.39 is 11.7 Å². The van der Waals surface area contributed by atoms with Gasteiger partial charge in [-0.15, -0.1) is 0 Å². The highest BCUT2D eigenvalue weighted by Crippen LogP contribution is 2.34. The molecule has 2 aromatic carbocycles. The number of benzene rings is 2. The topological polar surface area (TPSA) is 21.7 Å². The molecular formula is C19H20F3NO2. The summed E-state index contributed by atoms with van der Waals surface area (Å²) in [7, 11) is 1.58. The number of rotatable bonds is 5. The summed E-state index contributed by atoms with van der Waals surface area (Å²) in [5, 5.41) is 0. The average Bonchev–Trinajstić information content (AvgIpc) is 3.09. The van der Waals surface area contributed by atoms with Crippen LogP contribution in [-0.4, -0.2) is 25.1 Å². The van der Waals surface area contributed by atoms with Crippen LogP contribution in [0.15, 0.2) is 42.5 Å². The summed E-state index contributed by atoms with van der Waals surface area (Å²) in [6, 6.07) is 10.2. The van der Waals surface area contributed by atoms with Gasteiger partial charge in [-0.1, -0.05) is 12.1 Å². The third kappa shape index (κ3) is 4.45. The second-order valence-electron chi connectivity index (χ2n) is 6.08. The van der Waals surface area contributed by atoms with E-state index in [2.05, 4.69) is 4.90 Å². The Hall–Kier alpha value is -2.21. The smallest absolute Gasteiger partial charge is 0.416 e. The molecule has 0 aromatic heterocycles. The molecule has 1 fully saturated rings. The van der Waals surface area contributed by atoms with Crippen molar-refractivity contribution in [3.8, 4) is 17.2 Å². The van der Waals surface area contributed by atoms with Crippen molar-refractivity contribution in [3.05, 3.63) is 53.6 Å². The van der Waals surface area contributed by atoms with Gasteiger partial charge in [-0.25, -0.2) is 0 Å². The summed E-state index contributed by atoms with van der Waals surface area (Å²) in [6.07, 6.45) is -1.98. The van der Waals surface area contributed by atoms with Gasteiger partial charge in [0.15, 0.2) is 0 Å². The van der Waals surface area contributed by atoms with Crippen LogP contribution in [0.4, 0.5) is 13.2 Å². The van der Waals surface area contributed by atoms with Gasteiger partial charge in [0.05, 0.1) is 12.7 Å². The molecule has 0 N–H and O–H groups in total. The molecule has 0 amide bonds. The molecule has 3 nitrogen and oxygen atoms in total. The molecular weight excluding hydrogens is 331 g/mol. The number of alkyl halides is 3. The lowest BCUT2D eigenvalue weighted by molar-refractivity contribution is -0.137. The monoisotopic (exact) mass is 351 g/mol. The van der Waals surface area contributed by atoms with Crippen molar-refractivity contribution in [3.63, 3.8) is 0 Å². The lowest BCUT2D eigenvalue weighted by atomic mass is 10.1. The SMILES string of the molecule is COc1cc(Oc2cccc(C(F)(F)F)c2)ccc1CN1CCCC1. The standard InChI is InChI=1S/C19H20F3NO2/c1-24-18-12-17(8-7-14(18)13-23-9-2-3-10-23)25-16-6-4-5-15(11-16)19(20,21)22/h4-8,11-12H,2-3,9-10,13H2,1H3. The highest BCUT2D eigenvalue weighted by atomic mass is 19.4. The van der Waals surface area contributed by atoms with Gasteiger partial charge in [-0.2, -0.15) is 13.2 Å². The number of nitrogens with zero attached hydrogens (tertiary/aromatic N) is 1. The Morgan fingerprint density at radius 1 is 1.00 bits per heavy atom. The Bertz CT molecular complexity index is 725. The summed E-state index contributed by atoms with van der Waals surface area (Å²) in [4.78, 5) is 2.35. The molecule has 0 unspecified atom stereocenters. The minimum atomic E-state index is -4.39. The minimum absolute atomic E-state index is 0.143. The molecule has 0 saturated carbocycles. The third-order valence-corrected chi connectivity index (χ3v) is 4.25. The van der Waals surface area contributed by atoms with E-state index in [0.717, 1.165) is 37.3 Å². The van der Waals surface area contributed by atoms with Crippen LogP contribution in [0.5, 0.6) is 17.2 Å². The van der Waals surface area contributed by atoms with Gasteiger partial charge in [0.25, 0.3) is 0 Å². The Morgan fingerprint density at radius 2 is 1.72 bits per heavy atom. The van der Waals surface area contributed by atoms with Gasteiger partial charge in [-0.3, -0.25) is 4.90 Å². The molecule has 0 bridgehead atoms. The predicted octanol–water partition coefficient (Wildman–Crippen LogP) is 5.10. The van der Waals surface area contributed by atoms with Gasteiger partial charge < -0.3 is 9.47 Å². The molecule has 0 spiro atoms. The van der Waals surface area contributed by atoms with Gasteiger partial charge in [0.1, 0.15) is 17.2 Å². The van der Waals surface area contributed by atoms with Crippen molar-refractivity contribution < 1.29 is 22.6 Å². The van der Waals surface area contributed by atoms with Crippen LogP contribution in [0, 0.1) is 0 Å².